The molecule has 0 aliphatic carbocycles. The Kier molecular flexibility index (Phi) is 11.6. The van der Waals surface area contributed by atoms with Crippen LogP contribution in [0.25, 0.3) is 44.2 Å². The average molecular weight is 875 g/mol. The number of nitrogens with one attached hydrogen (secondary N) is 2. The van der Waals surface area contributed by atoms with Gasteiger partial charge in [0.05, 0.1) is 31.4 Å². The maximum Gasteiger partial charge on any atom is 0.269 e. The van der Waals surface area contributed by atoms with Gasteiger partial charge >= 0.3 is 0 Å². The molecule has 4 aromatic heterocycles. The van der Waals surface area contributed by atoms with Gasteiger partial charge in [0, 0.05) is 112 Å². The minimum Gasteiger partial charge on any atom is -0.507 e. The quantitative estimate of drug-likeness (QED) is 0.144. The zero-order valence-corrected chi connectivity index (χ0v) is 36.7. The Balaban J connectivity index is 0.854. The molecule has 6 heterocycles. The molecule has 0 spiro atoms. The van der Waals surface area contributed by atoms with E-state index in [-0.39, 0.29) is 42.3 Å². The number of hydrogen-bond acceptors (Lipinski definition) is 9. The van der Waals surface area contributed by atoms with Crippen molar-refractivity contribution in [3.8, 4) is 17.0 Å². The van der Waals surface area contributed by atoms with Crippen molar-refractivity contribution in [2.45, 2.75) is 38.3 Å². The van der Waals surface area contributed by atoms with Crippen molar-refractivity contribution < 1.29 is 24.3 Å². The number of rotatable bonds is 12. The fourth-order valence-corrected chi connectivity index (χ4v) is 8.70. The van der Waals surface area contributed by atoms with Crippen molar-refractivity contribution in [1.29, 1.82) is 0 Å². The predicted molar refractivity (Wildman–Crippen MR) is 245 cm³/mol. The lowest BCUT2D eigenvalue weighted by Crippen LogP contribution is -2.40. The van der Waals surface area contributed by atoms with Crippen LogP contribution in [0.2, 0.25) is 0 Å². The van der Waals surface area contributed by atoms with E-state index in [0.717, 1.165) is 50.5 Å². The summed E-state index contributed by atoms with van der Waals surface area (Å²) in [6.45, 7) is 2.50. The molecule has 332 valence electrons. The number of aromatic amines is 2. The van der Waals surface area contributed by atoms with E-state index in [4.69, 9.17) is 0 Å². The third kappa shape index (κ3) is 8.76. The first kappa shape index (κ1) is 42.5. The molecule has 17 nitrogen and oxygen atoms in total. The fraction of sp³-hybridized carbons (Fsp3) is 0.292. The third-order valence-corrected chi connectivity index (χ3v) is 12.2. The Bertz CT molecular complexity index is 3010. The number of hydrogen-bond donors (Lipinski definition) is 3. The fourth-order valence-electron chi connectivity index (χ4n) is 8.70. The first-order chi connectivity index (χ1) is 31.4. The second-order valence-corrected chi connectivity index (χ2v) is 17.0. The second kappa shape index (κ2) is 17.7. The molecule has 0 fully saturated rings. The highest BCUT2D eigenvalue weighted by Crippen LogP contribution is 2.34. The number of phenolic OH excluding ortho intramolecular Hbond substituents is 1. The maximum absolute atomic E-state index is 14.5. The van der Waals surface area contributed by atoms with Crippen LogP contribution >= 0.6 is 0 Å². The van der Waals surface area contributed by atoms with Crippen LogP contribution in [0.15, 0.2) is 97.6 Å². The van der Waals surface area contributed by atoms with Gasteiger partial charge in [-0.2, -0.15) is 0 Å². The Morgan fingerprint density at radius 1 is 0.800 bits per heavy atom. The topological polar surface area (TPSA) is 194 Å². The van der Waals surface area contributed by atoms with Crippen molar-refractivity contribution >= 4 is 56.6 Å². The number of amides is 4. The van der Waals surface area contributed by atoms with Crippen LogP contribution in [0.5, 0.6) is 5.75 Å². The molecular weight excluding hydrogens is 825 g/mol. The lowest BCUT2D eigenvalue weighted by molar-refractivity contribution is -0.133. The highest BCUT2D eigenvalue weighted by atomic mass is 16.3. The van der Waals surface area contributed by atoms with Crippen molar-refractivity contribution in [2.75, 3.05) is 54.4 Å². The monoisotopic (exact) mass is 874 g/mol. The van der Waals surface area contributed by atoms with Gasteiger partial charge in [-0.3, -0.25) is 28.5 Å². The molecule has 9 rings (SSSR count). The zero-order valence-electron chi connectivity index (χ0n) is 36.7. The van der Waals surface area contributed by atoms with Crippen LogP contribution in [0, 0.1) is 0 Å². The van der Waals surface area contributed by atoms with Crippen LogP contribution in [0.4, 0.5) is 0 Å². The molecule has 4 amide bonds. The summed E-state index contributed by atoms with van der Waals surface area (Å²) in [5.74, 6) is -1.03. The van der Waals surface area contributed by atoms with Gasteiger partial charge in [-0.1, -0.05) is 46.8 Å². The van der Waals surface area contributed by atoms with Crippen LogP contribution in [0.1, 0.15) is 62.7 Å². The van der Waals surface area contributed by atoms with Gasteiger partial charge in [-0.25, -0.2) is 0 Å². The Morgan fingerprint density at radius 2 is 1.58 bits per heavy atom. The lowest BCUT2D eigenvalue weighted by atomic mass is 9.93. The van der Waals surface area contributed by atoms with E-state index in [1.807, 2.05) is 64.5 Å². The molecule has 17 heteroatoms. The summed E-state index contributed by atoms with van der Waals surface area (Å²) in [6.07, 6.45) is 12.8. The van der Waals surface area contributed by atoms with Gasteiger partial charge in [0.25, 0.3) is 11.8 Å². The molecule has 0 bridgehead atoms. The number of carbonyl (C=O) groups is 4. The van der Waals surface area contributed by atoms with Crippen LogP contribution in [-0.2, 0) is 22.7 Å². The molecule has 3 N–H and O–H groups in total. The molecule has 65 heavy (non-hydrogen) atoms. The number of aryl methyl sites for hydroxylation is 1. The number of nitrogens with zero attached hydrogens (tertiary/aromatic N) is 10. The first-order valence-electron chi connectivity index (χ1n) is 21.6. The Labute approximate surface area is 374 Å². The number of aromatic nitrogens is 8. The first-order valence-corrected chi connectivity index (χ1v) is 21.6. The number of phenols is 1. The van der Waals surface area contributed by atoms with E-state index in [2.05, 4.69) is 42.7 Å². The van der Waals surface area contributed by atoms with Crippen LogP contribution in [0.3, 0.4) is 0 Å². The highest BCUT2D eigenvalue weighted by molar-refractivity contribution is 6.01. The summed E-state index contributed by atoms with van der Waals surface area (Å²) in [5, 5.41) is 30.0. The summed E-state index contributed by atoms with van der Waals surface area (Å²) in [7, 11) is 6.89. The molecule has 2 aliphatic heterocycles. The average Bonchev–Trinajstić information content (AvgIpc) is 4.16. The molecule has 0 unspecified atom stereocenters. The summed E-state index contributed by atoms with van der Waals surface area (Å²) in [5.41, 5.74) is 8.33. The zero-order chi connectivity index (χ0) is 45.4. The van der Waals surface area contributed by atoms with Gasteiger partial charge in [0.1, 0.15) is 17.1 Å². The number of aromatic hydroxyl groups is 1. The molecular formula is C48H50N12O5. The second-order valence-electron chi connectivity index (χ2n) is 17.0. The predicted octanol–water partition coefficient (Wildman–Crippen LogP) is 5.41. The van der Waals surface area contributed by atoms with E-state index in [0.29, 0.717) is 67.2 Å². The van der Waals surface area contributed by atoms with Crippen molar-refractivity contribution in [2.24, 2.45) is 0 Å². The summed E-state index contributed by atoms with van der Waals surface area (Å²) < 4.78 is 3.21. The van der Waals surface area contributed by atoms with Gasteiger partial charge in [0.2, 0.25) is 11.8 Å². The van der Waals surface area contributed by atoms with E-state index < -0.39 is 5.92 Å². The number of benzene rings is 3. The Morgan fingerprint density at radius 3 is 2.35 bits per heavy atom. The molecule has 0 saturated carbocycles. The lowest BCUT2D eigenvalue weighted by Gasteiger charge is -2.31. The molecule has 7 aromatic rings. The normalized spacial score (nSPS) is 14.6. The summed E-state index contributed by atoms with van der Waals surface area (Å²) in [4.78, 5) is 66.4. The standard InChI is InChI=1S/C48H50N12O5/c1-55(2)46(63)33-12-13-36-38(25-49-41(36)23-33)35-8-6-17-57(27-35)45(62)15-19-59-29-43(52-54-59)37-14-11-31(24-44(37)61)39(28-60-20-16-50-53-60)47(64)58-18-5-7-34(26-58)30-9-10-32-22-42(48(65)56(3)4)51-40(32)21-30/h7-14,16,20-25,29,39,49,51,61H,5-6,15,17-19,26-28H2,1-4H3/t39-/m1/s1. The number of fused-ring (bicyclic) bond motifs is 2. The van der Waals surface area contributed by atoms with Gasteiger partial charge in [-0.15, -0.1) is 10.2 Å². The molecule has 1 atom stereocenters. The van der Waals surface area contributed by atoms with E-state index in [1.165, 1.54) is 4.90 Å². The molecule has 3 aromatic carbocycles. The summed E-state index contributed by atoms with van der Waals surface area (Å²) >= 11 is 0. The van der Waals surface area contributed by atoms with Gasteiger partial charge in [-0.05, 0) is 71.5 Å². The summed E-state index contributed by atoms with van der Waals surface area (Å²) in [6, 6.07) is 18.7. The van der Waals surface area contributed by atoms with E-state index in [9.17, 15) is 24.3 Å². The minimum absolute atomic E-state index is 0.00792. The van der Waals surface area contributed by atoms with E-state index >= 15 is 0 Å². The van der Waals surface area contributed by atoms with Crippen LogP contribution in [-0.4, -0.2) is 143 Å². The molecule has 0 radical (unpaired) electrons. The van der Waals surface area contributed by atoms with Crippen molar-refractivity contribution in [3.63, 3.8) is 0 Å². The van der Waals surface area contributed by atoms with Gasteiger partial charge < -0.3 is 34.7 Å². The SMILES string of the molecule is CN(C)C(=O)c1ccc2c(C3=CCCN(C(=O)CCn4cc(-c5ccc([C@@H](Cn6ccnn6)C(=O)N6CCC=C(c7ccc8cc(C(=O)N(C)C)[nH]c8c7)C6)cc5O)nn4)C3)c[nH]c2c1. The molecule has 2 aliphatic rings. The van der Waals surface area contributed by atoms with Crippen LogP contribution < -0.4 is 0 Å². The third-order valence-electron chi connectivity index (χ3n) is 12.2. The smallest absolute Gasteiger partial charge is 0.269 e. The highest BCUT2D eigenvalue weighted by Gasteiger charge is 2.30. The molecule has 0 saturated heterocycles. The van der Waals surface area contributed by atoms with Crippen molar-refractivity contribution in [1.82, 2.24) is 59.6 Å². The maximum atomic E-state index is 14.5. The number of carbonyl (C=O) groups excluding carboxylic acids is 4. The number of H-pyrrole nitrogens is 2. The van der Waals surface area contributed by atoms with Gasteiger partial charge in [0.15, 0.2) is 0 Å². The Hall–Kier alpha value is -7.82. The van der Waals surface area contributed by atoms with Crippen molar-refractivity contribution in [3.05, 3.63) is 126 Å². The minimum atomic E-state index is -0.684. The largest absolute Gasteiger partial charge is 0.507 e. The van der Waals surface area contributed by atoms with E-state index in [1.54, 1.807) is 73.2 Å².